The highest BCUT2D eigenvalue weighted by atomic mass is 32.1. The normalized spacial score (nSPS) is 14.2. The Morgan fingerprint density at radius 3 is 2.46 bits per heavy atom. The number of hydrogen-bond donors (Lipinski definition) is 1. The third kappa shape index (κ3) is 5.99. The number of nitrogens with zero attached hydrogens (tertiary/aromatic N) is 3. The SMILES string of the molecule is CC(=O)N(c1nc(/C=C/C(=O)N2CCC(C(=O)Nc3ccccc3)CC2)cs1)c1ccccc1F. The molecule has 35 heavy (non-hydrogen) atoms. The van der Waals surface area contributed by atoms with Gasteiger partial charge < -0.3 is 10.2 Å². The zero-order valence-electron chi connectivity index (χ0n) is 19.2. The summed E-state index contributed by atoms with van der Waals surface area (Å²) in [5.41, 5.74) is 1.39. The maximum absolute atomic E-state index is 14.2. The summed E-state index contributed by atoms with van der Waals surface area (Å²) in [5.74, 6) is -1.22. The lowest BCUT2D eigenvalue weighted by Gasteiger charge is -2.30. The number of anilines is 3. The smallest absolute Gasteiger partial charge is 0.246 e. The third-order valence-electron chi connectivity index (χ3n) is 5.72. The molecule has 1 saturated heterocycles. The van der Waals surface area contributed by atoms with Crippen molar-refractivity contribution in [3.05, 3.63) is 77.6 Å². The van der Waals surface area contributed by atoms with Crippen LogP contribution in [0.1, 0.15) is 25.5 Å². The number of rotatable bonds is 6. The summed E-state index contributed by atoms with van der Waals surface area (Å²) < 4.78 is 14.2. The Bertz CT molecular complexity index is 1240. The average Bonchev–Trinajstić information content (AvgIpc) is 3.33. The second kappa shape index (κ2) is 11.1. The molecule has 9 heteroatoms. The molecule has 4 rings (SSSR count). The van der Waals surface area contributed by atoms with Gasteiger partial charge in [0, 0.05) is 43.1 Å². The van der Waals surface area contributed by atoms with Crippen molar-refractivity contribution >= 4 is 51.6 Å². The minimum atomic E-state index is -0.522. The van der Waals surface area contributed by atoms with Crippen molar-refractivity contribution in [2.45, 2.75) is 19.8 Å². The van der Waals surface area contributed by atoms with Crippen LogP contribution in [0, 0.1) is 11.7 Å². The predicted molar refractivity (Wildman–Crippen MR) is 135 cm³/mol. The van der Waals surface area contributed by atoms with Crippen molar-refractivity contribution in [3.63, 3.8) is 0 Å². The van der Waals surface area contributed by atoms with Gasteiger partial charge in [-0.25, -0.2) is 9.37 Å². The van der Waals surface area contributed by atoms with Gasteiger partial charge >= 0.3 is 0 Å². The first kappa shape index (κ1) is 24.3. The van der Waals surface area contributed by atoms with E-state index in [9.17, 15) is 18.8 Å². The Morgan fingerprint density at radius 2 is 1.77 bits per heavy atom. The van der Waals surface area contributed by atoms with Crippen molar-refractivity contribution in [1.29, 1.82) is 0 Å². The molecule has 1 aliphatic rings. The highest BCUT2D eigenvalue weighted by molar-refractivity contribution is 7.14. The van der Waals surface area contributed by atoms with Gasteiger partial charge in [-0.3, -0.25) is 19.3 Å². The molecule has 0 spiro atoms. The molecular formula is C26H25FN4O3S. The number of para-hydroxylation sites is 2. The fourth-order valence-electron chi connectivity index (χ4n) is 3.89. The lowest BCUT2D eigenvalue weighted by molar-refractivity contribution is -0.130. The molecule has 7 nitrogen and oxygen atoms in total. The molecule has 2 heterocycles. The summed E-state index contributed by atoms with van der Waals surface area (Å²) in [6.07, 6.45) is 4.20. The van der Waals surface area contributed by atoms with Crippen LogP contribution >= 0.6 is 11.3 Å². The molecule has 0 unspecified atom stereocenters. The van der Waals surface area contributed by atoms with Crippen LogP contribution in [-0.2, 0) is 14.4 Å². The lowest BCUT2D eigenvalue weighted by atomic mass is 9.95. The minimum absolute atomic E-state index is 0.0290. The minimum Gasteiger partial charge on any atom is -0.339 e. The van der Waals surface area contributed by atoms with E-state index in [4.69, 9.17) is 0 Å². The van der Waals surface area contributed by atoms with Gasteiger partial charge in [-0.05, 0) is 43.2 Å². The molecule has 1 aliphatic heterocycles. The van der Waals surface area contributed by atoms with E-state index in [0.717, 1.165) is 5.69 Å². The molecular weight excluding hydrogens is 467 g/mol. The van der Waals surface area contributed by atoms with Crippen LogP contribution in [0.2, 0.25) is 0 Å². The monoisotopic (exact) mass is 492 g/mol. The summed E-state index contributed by atoms with van der Waals surface area (Å²) >= 11 is 1.19. The van der Waals surface area contributed by atoms with Crippen LogP contribution in [0.15, 0.2) is 66.1 Å². The van der Waals surface area contributed by atoms with Crippen LogP contribution in [0.25, 0.3) is 6.08 Å². The van der Waals surface area contributed by atoms with Crippen molar-refractivity contribution in [3.8, 4) is 0 Å². The van der Waals surface area contributed by atoms with Gasteiger partial charge in [-0.1, -0.05) is 30.3 Å². The van der Waals surface area contributed by atoms with Crippen molar-refractivity contribution in [1.82, 2.24) is 9.88 Å². The maximum atomic E-state index is 14.2. The van der Waals surface area contributed by atoms with E-state index in [1.165, 1.54) is 41.4 Å². The standard InChI is InChI=1S/C26H25FN4O3S/c1-18(32)31(23-10-6-5-9-22(23)27)26-29-21(17-35-26)11-12-24(33)30-15-13-19(14-16-30)25(34)28-20-7-3-2-4-8-20/h2-12,17,19H,13-16H2,1H3,(H,28,34)/b12-11+. The quantitative estimate of drug-likeness (QED) is 0.499. The number of thiazole rings is 1. The van der Waals surface area contributed by atoms with Crippen LogP contribution in [0.4, 0.5) is 20.9 Å². The summed E-state index contributed by atoms with van der Waals surface area (Å²) in [5, 5.41) is 4.95. The first-order valence-electron chi connectivity index (χ1n) is 11.3. The maximum Gasteiger partial charge on any atom is 0.246 e. The molecule has 1 aromatic heterocycles. The van der Waals surface area contributed by atoms with Gasteiger partial charge in [0.1, 0.15) is 5.82 Å². The Balaban J connectivity index is 1.34. The topological polar surface area (TPSA) is 82.6 Å². The summed E-state index contributed by atoms with van der Waals surface area (Å²) in [7, 11) is 0. The highest BCUT2D eigenvalue weighted by Crippen LogP contribution is 2.31. The van der Waals surface area contributed by atoms with Gasteiger partial charge in [0.25, 0.3) is 0 Å². The number of likely N-dealkylation sites (tertiary alicyclic amines) is 1. The molecule has 2 aromatic carbocycles. The first-order valence-corrected chi connectivity index (χ1v) is 12.1. The van der Waals surface area contributed by atoms with E-state index in [1.807, 2.05) is 30.3 Å². The summed E-state index contributed by atoms with van der Waals surface area (Å²) in [4.78, 5) is 44.6. The number of halogens is 1. The third-order valence-corrected chi connectivity index (χ3v) is 6.57. The Kier molecular flexibility index (Phi) is 7.67. The fraction of sp³-hybridized carbons (Fsp3) is 0.231. The fourth-order valence-corrected chi connectivity index (χ4v) is 4.73. The van der Waals surface area contributed by atoms with Crippen molar-refractivity contribution in [2.75, 3.05) is 23.3 Å². The molecule has 0 atom stereocenters. The van der Waals surface area contributed by atoms with Gasteiger partial charge in [0.15, 0.2) is 5.13 Å². The van der Waals surface area contributed by atoms with E-state index < -0.39 is 5.82 Å². The zero-order valence-corrected chi connectivity index (χ0v) is 20.0. The molecule has 1 N–H and O–H groups in total. The van der Waals surface area contributed by atoms with E-state index in [0.29, 0.717) is 36.8 Å². The number of hydrogen-bond acceptors (Lipinski definition) is 5. The Morgan fingerprint density at radius 1 is 1.09 bits per heavy atom. The second-order valence-electron chi connectivity index (χ2n) is 8.15. The van der Waals surface area contributed by atoms with E-state index in [-0.39, 0.29) is 29.3 Å². The lowest BCUT2D eigenvalue weighted by Crippen LogP contribution is -2.40. The Hall–Kier alpha value is -3.85. The van der Waals surface area contributed by atoms with Gasteiger partial charge in [0.2, 0.25) is 17.7 Å². The zero-order chi connectivity index (χ0) is 24.8. The number of nitrogens with one attached hydrogen (secondary N) is 1. The van der Waals surface area contributed by atoms with Crippen LogP contribution in [0.5, 0.6) is 0 Å². The van der Waals surface area contributed by atoms with Crippen molar-refractivity contribution in [2.24, 2.45) is 5.92 Å². The van der Waals surface area contributed by atoms with Gasteiger partial charge in [-0.2, -0.15) is 0 Å². The molecule has 0 saturated carbocycles. The van der Waals surface area contributed by atoms with E-state index in [2.05, 4.69) is 10.3 Å². The predicted octanol–water partition coefficient (Wildman–Crippen LogP) is 4.86. The summed E-state index contributed by atoms with van der Waals surface area (Å²) in [6.45, 7) is 2.32. The largest absolute Gasteiger partial charge is 0.339 e. The van der Waals surface area contributed by atoms with Crippen LogP contribution in [-0.4, -0.2) is 40.7 Å². The highest BCUT2D eigenvalue weighted by Gasteiger charge is 2.27. The molecule has 3 aromatic rings. The van der Waals surface area contributed by atoms with Crippen LogP contribution in [0.3, 0.4) is 0 Å². The number of amides is 3. The number of carbonyl (C=O) groups is 3. The Labute approximate surface area is 206 Å². The molecule has 0 bridgehead atoms. The average molecular weight is 493 g/mol. The van der Waals surface area contributed by atoms with Crippen LogP contribution < -0.4 is 10.2 Å². The molecule has 0 radical (unpaired) electrons. The second-order valence-corrected chi connectivity index (χ2v) is 8.99. The molecule has 3 amide bonds. The van der Waals surface area contributed by atoms with E-state index in [1.54, 1.807) is 28.5 Å². The number of piperidine rings is 1. The number of carbonyl (C=O) groups excluding carboxylic acids is 3. The van der Waals surface area contributed by atoms with Gasteiger partial charge in [0.05, 0.1) is 11.4 Å². The molecule has 1 fully saturated rings. The molecule has 0 aliphatic carbocycles. The van der Waals surface area contributed by atoms with Crippen molar-refractivity contribution < 1.29 is 18.8 Å². The number of aromatic nitrogens is 1. The number of benzene rings is 2. The van der Waals surface area contributed by atoms with E-state index >= 15 is 0 Å². The van der Waals surface area contributed by atoms with Gasteiger partial charge in [-0.15, -0.1) is 11.3 Å². The molecule has 180 valence electrons. The summed E-state index contributed by atoms with van der Waals surface area (Å²) in [6, 6.07) is 15.3. The first-order chi connectivity index (χ1) is 16.9.